The number of nitrogens with one attached hydrogen (secondary N) is 1. The van der Waals surface area contributed by atoms with Crippen molar-refractivity contribution >= 4 is 11.6 Å². The fourth-order valence-corrected chi connectivity index (χ4v) is 7.07. The summed E-state index contributed by atoms with van der Waals surface area (Å²) in [6.45, 7) is 2.59. The Bertz CT molecular complexity index is 1720. The van der Waals surface area contributed by atoms with Gasteiger partial charge in [0.1, 0.15) is 22.8 Å². The van der Waals surface area contributed by atoms with Crippen LogP contribution in [-0.4, -0.2) is 57.0 Å². The summed E-state index contributed by atoms with van der Waals surface area (Å²) in [7, 11) is 8.17. The van der Waals surface area contributed by atoms with Crippen LogP contribution in [0, 0.1) is 11.6 Å². The van der Waals surface area contributed by atoms with Crippen LogP contribution in [0.25, 0.3) is 0 Å². The zero-order valence-electron chi connectivity index (χ0n) is 27.6. The normalized spacial score (nSPS) is 20.1. The second kappa shape index (κ2) is 13.6. The van der Waals surface area contributed by atoms with E-state index in [2.05, 4.69) is 15.1 Å². The second-order valence-corrected chi connectivity index (χ2v) is 13.3. The third-order valence-corrected chi connectivity index (χ3v) is 9.44. The molecule has 0 fully saturated rings. The van der Waals surface area contributed by atoms with E-state index in [1.165, 1.54) is 24.3 Å². The number of hydrogen-bond donors (Lipinski definition) is 1. The molecule has 0 aromatic heterocycles. The quantitative estimate of drug-likeness (QED) is 0.175. The number of fused-ring (bicyclic) bond motifs is 2. The van der Waals surface area contributed by atoms with Crippen LogP contribution < -0.4 is 5.32 Å². The van der Waals surface area contributed by atoms with Crippen LogP contribution in [0.3, 0.4) is 0 Å². The SMILES string of the molecule is CN(C)CCCC1(c2ccc(F)cc2)OCc2cc(NC(=O)c3ccc4c(c3)C(CCCN(C)C)(c3ccc(F)cc3)OC4)ccc21. The van der Waals surface area contributed by atoms with Crippen molar-refractivity contribution < 1.29 is 23.0 Å². The highest BCUT2D eigenvalue weighted by Gasteiger charge is 2.43. The van der Waals surface area contributed by atoms with Crippen LogP contribution in [-0.2, 0) is 33.9 Å². The van der Waals surface area contributed by atoms with E-state index >= 15 is 0 Å². The predicted molar refractivity (Wildman–Crippen MR) is 180 cm³/mol. The fraction of sp³-hybridized carbons (Fsp3) is 0.359. The Hall–Kier alpha value is -3.95. The van der Waals surface area contributed by atoms with Crippen molar-refractivity contribution in [3.63, 3.8) is 0 Å². The van der Waals surface area contributed by atoms with E-state index in [-0.39, 0.29) is 17.5 Å². The zero-order chi connectivity index (χ0) is 33.2. The van der Waals surface area contributed by atoms with Gasteiger partial charge in [-0.25, -0.2) is 8.78 Å². The minimum atomic E-state index is -0.767. The topological polar surface area (TPSA) is 54.0 Å². The molecule has 246 valence electrons. The largest absolute Gasteiger partial charge is 0.361 e. The highest BCUT2D eigenvalue weighted by atomic mass is 19.1. The Balaban J connectivity index is 1.27. The van der Waals surface area contributed by atoms with Gasteiger partial charge in [0.15, 0.2) is 0 Å². The smallest absolute Gasteiger partial charge is 0.255 e. The first-order valence-corrected chi connectivity index (χ1v) is 16.3. The van der Waals surface area contributed by atoms with Crippen LogP contribution in [0.1, 0.15) is 69.4 Å². The van der Waals surface area contributed by atoms with Crippen LogP contribution in [0.4, 0.5) is 14.5 Å². The van der Waals surface area contributed by atoms with E-state index in [1.807, 2.05) is 64.6 Å². The molecule has 2 unspecified atom stereocenters. The van der Waals surface area contributed by atoms with E-state index in [0.29, 0.717) is 30.9 Å². The summed E-state index contributed by atoms with van der Waals surface area (Å²) >= 11 is 0. The number of ether oxygens (including phenoxy) is 2. The maximum atomic E-state index is 13.9. The first-order chi connectivity index (χ1) is 22.6. The molecule has 2 heterocycles. The van der Waals surface area contributed by atoms with Gasteiger partial charge >= 0.3 is 0 Å². The number of halogens is 2. The first kappa shape index (κ1) is 33.0. The molecule has 1 amide bonds. The van der Waals surface area contributed by atoms with Crippen LogP contribution in [0.5, 0.6) is 0 Å². The summed E-state index contributed by atoms with van der Waals surface area (Å²) in [4.78, 5) is 18.0. The molecule has 4 aromatic carbocycles. The number of carbonyl (C=O) groups is 1. The Morgan fingerprint density at radius 3 is 1.77 bits per heavy atom. The minimum absolute atomic E-state index is 0.226. The lowest BCUT2D eigenvalue weighted by Gasteiger charge is -2.31. The molecule has 4 aromatic rings. The summed E-state index contributed by atoms with van der Waals surface area (Å²) in [6.07, 6.45) is 3.21. The third kappa shape index (κ3) is 6.74. The summed E-state index contributed by atoms with van der Waals surface area (Å²) < 4.78 is 40.8. The Morgan fingerprint density at radius 2 is 1.21 bits per heavy atom. The van der Waals surface area contributed by atoms with Crippen molar-refractivity contribution in [2.24, 2.45) is 0 Å². The average Bonchev–Trinajstić information content (AvgIpc) is 3.60. The predicted octanol–water partition coefficient (Wildman–Crippen LogP) is 7.45. The molecule has 6 rings (SSSR count). The van der Waals surface area contributed by atoms with Gasteiger partial charge in [-0.15, -0.1) is 0 Å². The molecule has 2 aliphatic rings. The van der Waals surface area contributed by atoms with Gasteiger partial charge in [-0.05, 0) is 149 Å². The molecule has 2 aliphatic heterocycles. The van der Waals surface area contributed by atoms with Gasteiger partial charge in [-0.1, -0.05) is 36.4 Å². The molecule has 0 saturated carbocycles. The van der Waals surface area contributed by atoms with E-state index in [9.17, 15) is 13.6 Å². The van der Waals surface area contributed by atoms with Gasteiger partial charge in [0.25, 0.3) is 5.91 Å². The Labute approximate surface area is 276 Å². The van der Waals surface area contributed by atoms with Crippen molar-refractivity contribution in [2.45, 2.75) is 50.1 Å². The Kier molecular flexibility index (Phi) is 9.58. The van der Waals surface area contributed by atoms with Crippen molar-refractivity contribution in [2.75, 3.05) is 46.6 Å². The van der Waals surface area contributed by atoms with E-state index in [1.54, 1.807) is 24.3 Å². The molecule has 6 nitrogen and oxygen atoms in total. The van der Waals surface area contributed by atoms with Gasteiger partial charge in [0, 0.05) is 11.3 Å². The van der Waals surface area contributed by atoms with Crippen LogP contribution >= 0.6 is 0 Å². The van der Waals surface area contributed by atoms with E-state index in [0.717, 1.165) is 65.7 Å². The highest BCUT2D eigenvalue weighted by molar-refractivity contribution is 6.04. The number of anilines is 1. The summed E-state index contributed by atoms with van der Waals surface area (Å²) in [6, 6.07) is 24.7. The monoisotopic (exact) mass is 639 g/mol. The van der Waals surface area contributed by atoms with Crippen molar-refractivity contribution in [1.82, 2.24) is 9.80 Å². The average molecular weight is 640 g/mol. The van der Waals surface area contributed by atoms with Gasteiger partial charge in [-0.2, -0.15) is 0 Å². The molecule has 0 aliphatic carbocycles. The number of rotatable bonds is 12. The lowest BCUT2D eigenvalue weighted by Crippen LogP contribution is -2.29. The lowest BCUT2D eigenvalue weighted by atomic mass is 9.81. The molecule has 0 radical (unpaired) electrons. The van der Waals surface area contributed by atoms with E-state index < -0.39 is 11.2 Å². The number of hydrogen-bond acceptors (Lipinski definition) is 5. The fourth-order valence-electron chi connectivity index (χ4n) is 7.07. The maximum absolute atomic E-state index is 13.9. The standard InChI is InChI=1S/C39H43F2N3O3/c1-43(2)21-5-19-38(30-9-13-32(40)14-10-30)35-18-17-34(23-29(35)26-47-38)42-37(45)27-7-8-28-25-46-39(36(28)24-27,20-6-22-44(3)4)31-11-15-33(41)16-12-31/h7-18,23-24H,5-6,19-22,25-26H2,1-4H3,(H,42,45). The Morgan fingerprint density at radius 1 is 0.681 bits per heavy atom. The summed E-state index contributed by atoms with van der Waals surface area (Å²) in [5, 5.41) is 3.10. The molecule has 8 heteroatoms. The van der Waals surface area contributed by atoms with Gasteiger partial charge in [0.2, 0.25) is 0 Å². The van der Waals surface area contributed by atoms with Crippen LogP contribution in [0.2, 0.25) is 0 Å². The minimum Gasteiger partial charge on any atom is -0.361 e. The highest BCUT2D eigenvalue weighted by Crippen LogP contribution is 2.47. The van der Waals surface area contributed by atoms with Crippen LogP contribution in [0.15, 0.2) is 84.9 Å². The first-order valence-electron chi connectivity index (χ1n) is 16.3. The molecular formula is C39H43F2N3O3. The molecule has 0 bridgehead atoms. The van der Waals surface area contributed by atoms with Gasteiger partial charge < -0.3 is 24.6 Å². The lowest BCUT2D eigenvalue weighted by molar-refractivity contribution is -0.0141. The van der Waals surface area contributed by atoms with Gasteiger partial charge in [0.05, 0.1) is 13.2 Å². The maximum Gasteiger partial charge on any atom is 0.255 e. The molecule has 0 spiro atoms. The second-order valence-electron chi connectivity index (χ2n) is 13.3. The van der Waals surface area contributed by atoms with E-state index in [4.69, 9.17) is 9.47 Å². The van der Waals surface area contributed by atoms with Crippen molar-refractivity contribution in [3.05, 3.63) is 136 Å². The molecular weight excluding hydrogens is 596 g/mol. The number of benzene rings is 4. The number of nitrogens with zero attached hydrogens (tertiary/aromatic N) is 2. The number of amides is 1. The molecule has 47 heavy (non-hydrogen) atoms. The number of carbonyl (C=O) groups excluding carboxylic acids is 1. The summed E-state index contributed by atoms with van der Waals surface area (Å²) in [5.74, 6) is -0.808. The zero-order valence-corrected chi connectivity index (χ0v) is 27.6. The molecule has 2 atom stereocenters. The molecule has 1 N–H and O–H groups in total. The summed E-state index contributed by atoms with van der Waals surface area (Å²) in [5.41, 5.74) is 5.55. The molecule has 0 saturated heterocycles. The van der Waals surface area contributed by atoms with Gasteiger partial charge in [-0.3, -0.25) is 4.79 Å². The third-order valence-electron chi connectivity index (χ3n) is 9.44. The van der Waals surface area contributed by atoms with Crippen molar-refractivity contribution in [1.29, 1.82) is 0 Å². The van der Waals surface area contributed by atoms with Crippen molar-refractivity contribution in [3.8, 4) is 0 Å².